The molecule has 0 fully saturated rings. The molecule has 128 valence electrons. The molecule has 6 heteroatoms. The molecule has 3 aromatic carbocycles. The number of esters is 1. The Kier molecular flexibility index (Phi) is 4.45. The van der Waals surface area contributed by atoms with Gasteiger partial charge in [0.05, 0.1) is 0 Å². The number of phenols is 3. The van der Waals surface area contributed by atoms with Crippen LogP contribution in [0.5, 0.6) is 23.0 Å². The minimum Gasteiger partial charge on any atom is -0.508 e. The van der Waals surface area contributed by atoms with Crippen LogP contribution in [0.1, 0.15) is 5.56 Å². The van der Waals surface area contributed by atoms with Crippen molar-refractivity contribution in [1.29, 1.82) is 0 Å². The highest BCUT2D eigenvalue weighted by atomic mass is 16.5. The van der Waals surface area contributed by atoms with Crippen LogP contribution < -0.4 is 10.5 Å². The molecule has 0 saturated carbocycles. The van der Waals surface area contributed by atoms with Gasteiger partial charge in [0, 0.05) is 0 Å². The molecule has 25 heavy (non-hydrogen) atoms. The van der Waals surface area contributed by atoms with E-state index in [0.29, 0.717) is 16.5 Å². The van der Waals surface area contributed by atoms with Crippen LogP contribution in [0.3, 0.4) is 0 Å². The summed E-state index contributed by atoms with van der Waals surface area (Å²) in [5.74, 6) is -0.613. The number of hydrogen-bond acceptors (Lipinski definition) is 6. The van der Waals surface area contributed by atoms with E-state index in [4.69, 9.17) is 10.5 Å². The standard InChI is InChI=1S/C19H17NO5/c20-16(7-11-1-4-14(21)5-2-11)19(24)25-15-6-3-12-9-17(22)18(23)10-13(12)8-15/h1-6,8-10,16,21-23H,7,20H2. The van der Waals surface area contributed by atoms with Crippen LogP contribution in [0.4, 0.5) is 0 Å². The van der Waals surface area contributed by atoms with Crippen molar-refractivity contribution in [1.82, 2.24) is 0 Å². The van der Waals surface area contributed by atoms with Crippen LogP contribution in [0.2, 0.25) is 0 Å². The van der Waals surface area contributed by atoms with Gasteiger partial charge in [0.15, 0.2) is 11.5 Å². The van der Waals surface area contributed by atoms with Crippen molar-refractivity contribution in [2.45, 2.75) is 12.5 Å². The second-order valence-corrected chi connectivity index (χ2v) is 5.75. The van der Waals surface area contributed by atoms with Crippen LogP contribution in [-0.4, -0.2) is 27.3 Å². The number of hydrogen-bond donors (Lipinski definition) is 4. The first kappa shape index (κ1) is 16.6. The molecule has 1 unspecified atom stereocenters. The van der Waals surface area contributed by atoms with Crippen molar-refractivity contribution >= 4 is 16.7 Å². The van der Waals surface area contributed by atoms with E-state index >= 15 is 0 Å². The number of ether oxygens (including phenoxy) is 1. The molecule has 0 radical (unpaired) electrons. The van der Waals surface area contributed by atoms with E-state index in [1.54, 1.807) is 30.3 Å². The normalized spacial score (nSPS) is 12.0. The number of phenolic OH excluding ortho intramolecular Hbond substituents is 3. The molecule has 1 atom stereocenters. The molecule has 0 aliphatic carbocycles. The van der Waals surface area contributed by atoms with Gasteiger partial charge >= 0.3 is 5.97 Å². The quantitative estimate of drug-likeness (QED) is 0.330. The van der Waals surface area contributed by atoms with Crippen LogP contribution >= 0.6 is 0 Å². The first-order valence-electron chi connectivity index (χ1n) is 7.63. The maximum Gasteiger partial charge on any atom is 0.328 e. The Morgan fingerprint density at radius 2 is 1.56 bits per heavy atom. The van der Waals surface area contributed by atoms with E-state index in [1.807, 2.05) is 0 Å². The zero-order chi connectivity index (χ0) is 18.0. The Balaban J connectivity index is 1.72. The first-order chi connectivity index (χ1) is 11.9. The zero-order valence-corrected chi connectivity index (χ0v) is 13.2. The Morgan fingerprint density at radius 1 is 0.920 bits per heavy atom. The third kappa shape index (κ3) is 3.81. The van der Waals surface area contributed by atoms with Gasteiger partial charge in [-0.1, -0.05) is 18.2 Å². The monoisotopic (exact) mass is 339 g/mol. The molecule has 0 saturated heterocycles. The Morgan fingerprint density at radius 3 is 2.24 bits per heavy atom. The SMILES string of the molecule is NC(Cc1ccc(O)cc1)C(=O)Oc1ccc2cc(O)c(O)cc2c1. The van der Waals surface area contributed by atoms with Gasteiger partial charge in [0.25, 0.3) is 0 Å². The molecular weight excluding hydrogens is 322 g/mol. The van der Waals surface area contributed by atoms with E-state index < -0.39 is 12.0 Å². The number of carbonyl (C=O) groups excluding carboxylic acids is 1. The van der Waals surface area contributed by atoms with Gasteiger partial charge in [-0.3, -0.25) is 0 Å². The number of nitrogens with two attached hydrogens (primary N) is 1. The number of carbonyl (C=O) groups is 1. The Hall–Kier alpha value is -3.25. The zero-order valence-electron chi connectivity index (χ0n) is 13.2. The van der Waals surface area contributed by atoms with Crippen LogP contribution in [0.25, 0.3) is 10.8 Å². The van der Waals surface area contributed by atoms with Gasteiger partial charge in [0.2, 0.25) is 0 Å². The molecule has 3 aromatic rings. The average Bonchev–Trinajstić information content (AvgIpc) is 2.58. The lowest BCUT2D eigenvalue weighted by Crippen LogP contribution is -2.36. The predicted octanol–water partition coefficient (Wildman–Crippen LogP) is 2.43. The summed E-state index contributed by atoms with van der Waals surface area (Å²) in [6.45, 7) is 0. The summed E-state index contributed by atoms with van der Waals surface area (Å²) in [5, 5.41) is 29.6. The summed E-state index contributed by atoms with van der Waals surface area (Å²) < 4.78 is 5.29. The third-order valence-corrected chi connectivity index (χ3v) is 3.82. The smallest absolute Gasteiger partial charge is 0.328 e. The van der Waals surface area contributed by atoms with Gasteiger partial charge in [0.1, 0.15) is 17.5 Å². The number of benzene rings is 3. The fourth-order valence-corrected chi connectivity index (χ4v) is 2.48. The lowest BCUT2D eigenvalue weighted by atomic mass is 10.1. The molecule has 0 aliphatic heterocycles. The molecular formula is C19H17NO5. The van der Waals surface area contributed by atoms with Crippen molar-refractivity contribution in [3.05, 3.63) is 60.2 Å². The van der Waals surface area contributed by atoms with E-state index in [2.05, 4.69) is 0 Å². The number of rotatable bonds is 4. The molecule has 5 N–H and O–H groups in total. The van der Waals surface area contributed by atoms with Gasteiger partial charge in [-0.15, -0.1) is 0 Å². The summed E-state index contributed by atoms with van der Waals surface area (Å²) in [6.07, 6.45) is 0.279. The predicted molar refractivity (Wildman–Crippen MR) is 92.7 cm³/mol. The van der Waals surface area contributed by atoms with Crippen LogP contribution in [0.15, 0.2) is 54.6 Å². The summed E-state index contributed by atoms with van der Waals surface area (Å²) in [4.78, 5) is 12.2. The number of fused-ring (bicyclic) bond motifs is 1. The highest BCUT2D eigenvalue weighted by Gasteiger charge is 2.17. The minimum atomic E-state index is -0.853. The lowest BCUT2D eigenvalue weighted by molar-refractivity contribution is -0.135. The summed E-state index contributed by atoms with van der Waals surface area (Å²) in [6, 6.07) is 13.2. The largest absolute Gasteiger partial charge is 0.508 e. The summed E-state index contributed by atoms with van der Waals surface area (Å²) >= 11 is 0. The lowest BCUT2D eigenvalue weighted by Gasteiger charge is -2.12. The van der Waals surface area contributed by atoms with Gasteiger partial charge in [-0.05, 0) is 59.2 Å². The topological polar surface area (TPSA) is 113 Å². The fraction of sp³-hybridized carbons (Fsp3) is 0.105. The van der Waals surface area contributed by atoms with Gasteiger partial charge in [-0.25, -0.2) is 4.79 Å². The van der Waals surface area contributed by atoms with Crippen molar-refractivity contribution in [2.24, 2.45) is 5.73 Å². The molecule has 0 amide bonds. The maximum atomic E-state index is 12.2. The summed E-state index contributed by atoms with van der Waals surface area (Å²) in [5.41, 5.74) is 6.69. The molecule has 0 bridgehead atoms. The molecule has 0 spiro atoms. The third-order valence-electron chi connectivity index (χ3n) is 3.82. The van der Waals surface area contributed by atoms with E-state index in [0.717, 1.165) is 5.56 Å². The van der Waals surface area contributed by atoms with Gasteiger partial charge in [-0.2, -0.15) is 0 Å². The Labute approximate surface area is 143 Å². The molecule has 0 heterocycles. The summed E-state index contributed by atoms with van der Waals surface area (Å²) in [7, 11) is 0. The van der Waals surface area contributed by atoms with Crippen molar-refractivity contribution < 1.29 is 24.9 Å². The van der Waals surface area contributed by atoms with Crippen molar-refractivity contribution in [2.75, 3.05) is 0 Å². The van der Waals surface area contributed by atoms with E-state index in [1.165, 1.54) is 24.3 Å². The highest BCUT2D eigenvalue weighted by Crippen LogP contribution is 2.32. The van der Waals surface area contributed by atoms with Crippen LogP contribution in [-0.2, 0) is 11.2 Å². The van der Waals surface area contributed by atoms with Crippen LogP contribution in [0, 0.1) is 0 Å². The molecule has 0 aliphatic rings. The minimum absolute atomic E-state index is 0.144. The molecule has 3 rings (SSSR count). The average molecular weight is 339 g/mol. The molecule has 6 nitrogen and oxygen atoms in total. The van der Waals surface area contributed by atoms with Crippen molar-refractivity contribution in [3.8, 4) is 23.0 Å². The molecule has 0 aromatic heterocycles. The highest BCUT2D eigenvalue weighted by molar-refractivity contribution is 5.88. The first-order valence-corrected chi connectivity index (χ1v) is 7.63. The van der Waals surface area contributed by atoms with E-state index in [-0.39, 0.29) is 23.7 Å². The Bertz CT molecular complexity index is 921. The van der Waals surface area contributed by atoms with Crippen molar-refractivity contribution in [3.63, 3.8) is 0 Å². The maximum absolute atomic E-state index is 12.2. The second-order valence-electron chi connectivity index (χ2n) is 5.75. The van der Waals surface area contributed by atoms with Gasteiger partial charge < -0.3 is 25.8 Å². The van der Waals surface area contributed by atoms with E-state index in [9.17, 15) is 20.1 Å². The number of aromatic hydroxyl groups is 3. The second kappa shape index (κ2) is 6.70. The fourth-order valence-electron chi connectivity index (χ4n) is 2.48.